The summed E-state index contributed by atoms with van der Waals surface area (Å²) in [7, 11) is 0. The SMILES string of the molecule is CCn1cc(N)nc1Oc1ccccc1. The lowest BCUT2D eigenvalue weighted by molar-refractivity contribution is 0.415. The van der Waals surface area contributed by atoms with Crippen LogP contribution < -0.4 is 10.5 Å². The maximum Gasteiger partial charge on any atom is 0.303 e. The van der Waals surface area contributed by atoms with Crippen LogP contribution in [0.25, 0.3) is 0 Å². The van der Waals surface area contributed by atoms with Gasteiger partial charge in [-0.1, -0.05) is 18.2 Å². The topological polar surface area (TPSA) is 53.1 Å². The van der Waals surface area contributed by atoms with Gasteiger partial charge in [0.05, 0.1) is 6.20 Å². The first-order chi connectivity index (χ1) is 7.29. The number of rotatable bonds is 3. The molecule has 0 saturated carbocycles. The third-order valence-corrected chi connectivity index (χ3v) is 2.05. The average molecular weight is 203 g/mol. The van der Waals surface area contributed by atoms with Gasteiger partial charge in [0.25, 0.3) is 0 Å². The molecule has 0 fully saturated rings. The van der Waals surface area contributed by atoms with E-state index < -0.39 is 0 Å². The van der Waals surface area contributed by atoms with Crippen molar-refractivity contribution in [2.75, 3.05) is 5.73 Å². The highest BCUT2D eigenvalue weighted by molar-refractivity contribution is 5.31. The van der Waals surface area contributed by atoms with Gasteiger partial charge in [-0.25, -0.2) is 0 Å². The Morgan fingerprint density at radius 3 is 2.73 bits per heavy atom. The number of nitrogens with zero attached hydrogens (tertiary/aromatic N) is 2. The Hall–Kier alpha value is -1.97. The molecule has 1 aromatic carbocycles. The van der Waals surface area contributed by atoms with E-state index in [0.29, 0.717) is 11.8 Å². The van der Waals surface area contributed by atoms with Crippen LogP contribution in [-0.4, -0.2) is 9.55 Å². The molecular weight excluding hydrogens is 190 g/mol. The highest BCUT2D eigenvalue weighted by Gasteiger charge is 2.06. The Morgan fingerprint density at radius 1 is 1.33 bits per heavy atom. The first kappa shape index (κ1) is 9.58. The number of benzene rings is 1. The highest BCUT2D eigenvalue weighted by atomic mass is 16.5. The van der Waals surface area contributed by atoms with E-state index in [1.165, 1.54) is 0 Å². The van der Waals surface area contributed by atoms with Gasteiger partial charge in [-0.3, -0.25) is 4.57 Å². The molecule has 2 aromatic rings. The Morgan fingerprint density at radius 2 is 2.07 bits per heavy atom. The molecule has 0 aliphatic rings. The molecule has 2 N–H and O–H groups in total. The molecule has 0 atom stereocenters. The molecule has 1 aromatic heterocycles. The summed E-state index contributed by atoms with van der Waals surface area (Å²) in [6, 6.07) is 10.1. The standard InChI is InChI=1S/C11H13N3O/c1-2-14-8-10(12)13-11(14)15-9-6-4-3-5-7-9/h3-8H,2,12H2,1H3. The van der Waals surface area contributed by atoms with Crippen LogP contribution in [0.3, 0.4) is 0 Å². The van der Waals surface area contributed by atoms with E-state index in [-0.39, 0.29) is 0 Å². The molecule has 4 heteroatoms. The molecule has 0 saturated heterocycles. The van der Waals surface area contributed by atoms with E-state index in [2.05, 4.69) is 4.98 Å². The summed E-state index contributed by atoms with van der Waals surface area (Å²) in [6.07, 6.45) is 1.76. The van der Waals surface area contributed by atoms with Crippen LogP contribution in [0.5, 0.6) is 11.8 Å². The smallest absolute Gasteiger partial charge is 0.303 e. The van der Waals surface area contributed by atoms with Crippen LogP contribution in [0.15, 0.2) is 36.5 Å². The number of hydrogen-bond acceptors (Lipinski definition) is 3. The Labute approximate surface area is 88.3 Å². The minimum Gasteiger partial charge on any atom is -0.425 e. The summed E-state index contributed by atoms with van der Waals surface area (Å²) >= 11 is 0. The minimum absolute atomic E-state index is 0.475. The van der Waals surface area contributed by atoms with Gasteiger partial charge in [0.2, 0.25) is 0 Å². The number of nitrogens with two attached hydrogens (primary N) is 1. The maximum atomic E-state index is 5.60. The first-order valence-electron chi connectivity index (χ1n) is 4.85. The molecule has 2 rings (SSSR count). The van der Waals surface area contributed by atoms with Gasteiger partial charge < -0.3 is 10.5 Å². The van der Waals surface area contributed by atoms with Crippen LogP contribution in [-0.2, 0) is 6.54 Å². The fraction of sp³-hybridized carbons (Fsp3) is 0.182. The Kier molecular flexibility index (Phi) is 2.58. The van der Waals surface area contributed by atoms with E-state index in [4.69, 9.17) is 10.5 Å². The molecule has 78 valence electrons. The van der Waals surface area contributed by atoms with E-state index in [1.807, 2.05) is 41.8 Å². The van der Waals surface area contributed by atoms with Crippen molar-refractivity contribution in [3.8, 4) is 11.8 Å². The lowest BCUT2D eigenvalue weighted by Crippen LogP contribution is -1.96. The van der Waals surface area contributed by atoms with Gasteiger partial charge in [-0.05, 0) is 19.1 Å². The van der Waals surface area contributed by atoms with Gasteiger partial charge in [0.1, 0.15) is 11.6 Å². The largest absolute Gasteiger partial charge is 0.425 e. The number of hydrogen-bond donors (Lipinski definition) is 1. The number of aromatic nitrogens is 2. The molecular formula is C11H13N3O. The van der Waals surface area contributed by atoms with Gasteiger partial charge in [-0.2, -0.15) is 4.98 Å². The second kappa shape index (κ2) is 4.04. The van der Waals surface area contributed by atoms with Crippen LogP contribution in [0.4, 0.5) is 5.82 Å². The number of ether oxygens (including phenoxy) is 1. The molecule has 0 bridgehead atoms. The normalized spacial score (nSPS) is 10.2. The summed E-state index contributed by atoms with van der Waals surface area (Å²) in [5.41, 5.74) is 5.60. The fourth-order valence-electron chi connectivity index (χ4n) is 1.32. The van der Waals surface area contributed by atoms with Crippen molar-refractivity contribution < 1.29 is 4.74 Å². The maximum absolute atomic E-state index is 5.60. The summed E-state index contributed by atoms with van der Waals surface area (Å²) in [4.78, 5) is 4.10. The molecule has 0 radical (unpaired) electrons. The summed E-state index contributed by atoms with van der Waals surface area (Å²) in [5, 5.41) is 0. The van der Waals surface area contributed by atoms with E-state index in [1.54, 1.807) is 6.20 Å². The van der Waals surface area contributed by atoms with Crippen molar-refractivity contribution >= 4 is 5.82 Å². The van der Waals surface area contributed by atoms with Crippen molar-refractivity contribution in [2.45, 2.75) is 13.5 Å². The predicted octanol–water partition coefficient (Wildman–Crippen LogP) is 2.28. The van der Waals surface area contributed by atoms with Crippen molar-refractivity contribution in [3.63, 3.8) is 0 Å². The molecule has 0 aliphatic heterocycles. The van der Waals surface area contributed by atoms with Crippen LogP contribution in [0, 0.1) is 0 Å². The number of nitrogen functional groups attached to an aromatic ring is 1. The summed E-state index contributed by atoms with van der Waals surface area (Å²) in [6.45, 7) is 2.80. The van der Waals surface area contributed by atoms with Crippen molar-refractivity contribution in [1.29, 1.82) is 0 Å². The molecule has 0 spiro atoms. The quantitative estimate of drug-likeness (QED) is 0.832. The van der Waals surface area contributed by atoms with Crippen LogP contribution >= 0.6 is 0 Å². The predicted molar refractivity (Wildman–Crippen MR) is 58.8 cm³/mol. The second-order valence-electron chi connectivity index (χ2n) is 3.15. The number of anilines is 1. The third kappa shape index (κ3) is 2.10. The molecule has 0 unspecified atom stereocenters. The lowest BCUT2D eigenvalue weighted by Gasteiger charge is -2.05. The third-order valence-electron chi connectivity index (χ3n) is 2.05. The van der Waals surface area contributed by atoms with Crippen molar-refractivity contribution in [1.82, 2.24) is 9.55 Å². The molecule has 0 amide bonds. The molecule has 0 aliphatic carbocycles. The van der Waals surface area contributed by atoms with Crippen LogP contribution in [0.2, 0.25) is 0 Å². The number of imidazole rings is 1. The molecule has 4 nitrogen and oxygen atoms in total. The average Bonchev–Trinajstić information content (AvgIpc) is 2.60. The fourth-order valence-corrected chi connectivity index (χ4v) is 1.32. The second-order valence-corrected chi connectivity index (χ2v) is 3.15. The Bertz CT molecular complexity index is 436. The highest BCUT2D eigenvalue weighted by Crippen LogP contribution is 2.20. The van der Waals surface area contributed by atoms with Gasteiger partial charge in [0, 0.05) is 6.54 Å². The zero-order valence-corrected chi connectivity index (χ0v) is 8.55. The molecule has 1 heterocycles. The number of aryl methyl sites for hydroxylation is 1. The molecule has 15 heavy (non-hydrogen) atoms. The Balaban J connectivity index is 2.24. The minimum atomic E-state index is 0.475. The number of para-hydroxylation sites is 1. The van der Waals surface area contributed by atoms with Gasteiger partial charge >= 0.3 is 6.01 Å². The monoisotopic (exact) mass is 203 g/mol. The first-order valence-corrected chi connectivity index (χ1v) is 4.85. The zero-order valence-electron chi connectivity index (χ0n) is 8.55. The van der Waals surface area contributed by atoms with E-state index >= 15 is 0 Å². The summed E-state index contributed by atoms with van der Waals surface area (Å²) < 4.78 is 7.46. The van der Waals surface area contributed by atoms with Crippen LogP contribution in [0.1, 0.15) is 6.92 Å². The zero-order chi connectivity index (χ0) is 10.7. The van der Waals surface area contributed by atoms with E-state index in [0.717, 1.165) is 12.3 Å². The van der Waals surface area contributed by atoms with Crippen molar-refractivity contribution in [2.24, 2.45) is 0 Å². The summed E-state index contributed by atoms with van der Waals surface area (Å²) in [5.74, 6) is 1.24. The lowest BCUT2D eigenvalue weighted by atomic mass is 10.3. The van der Waals surface area contributed by atoms with Gasteiger partial charge in [-0.15, -0.1) is 0 Å². The van der Waals surface area contributed by atoms with Crippen molar-refractivity contribution in [3.05, 3.63) is 36.5 Å². The van der Waals surface area contributed by atoms with Gasteiger partial charge in [0.15, 0.2) is 0 Å². The van der Waals surface area contributed by atoms with E-state index in [9.17, 15) is 0 Å².